The maximum absolute atomic E-state index is 13.1. The lowest BCUT2D eigenvalue weighted by Crippen LogP contribution is -2.11. The van der Waals surface area contributed by atoms with Crippen LogP contribution in [0.2, 0.25) is 0 Å². The van der Waals surface area contributed by atoms with Crippen molar-refractivity contribution in [3.8, 4) is 0 Å². The van der Waals surface area contributed by atoms with Crippen molar-refractivity contribution in [1.82, 2.24) is 9.97 Å². The average molecular weight is 402 g/mol. The van der Waals surface area contributed by atoms with Gasteiger partial charge in [-0.05, 0) is 48.6 Å². The number of thiophene rings is 1. The molecule has 27 heavy (non-hydrogen) atoms. The molecule has 1 aliphatic carbocycles. The third-order valence-corrected chi connectivity index (χ3v) is 6.53. The second-order valence-electron chi connectivity index (χ2n) is 6.19. The molecule has 1 aliphatic rings. The number of carboxylic acids is 1. The van der Waals surface area contributed by atoms with Crippen LogP contribution in [0, 0.1) is 5.82 Å². The molecule has 8 heteroatoms. The number of halogens is 1. The van der Waals surface area contributed by atoms with Gasteiger partial charge in [-0.3, -0.25) is 9.59 Å². The molecule has 0 atom stereocenters. The highest BCUT2D eigenvalue weighted by molar-refractivity contribution is 8.09. The predicted octanol–water partition coefficient (Wildman–Crippen LogP) is 3.93. The van der Waals surface area contributed by atoms with E-state index >= 15 is 0 Å². The zero-order valence-electron chi connectivity index (χ0n) is 14.1. The van der Waals surface area contributed by atoms with Gasteiger partial charge in [-0.25, -0.2) is 9.37 Å². The molecule has 0 amide bonds. The number of hydrogen-bond acceptors (Lipinski definition) is 5. The van der Waals surface area contributed by atoms with Crippen molar-refractivity contribution in [2.45, 2.75) is 19.3 Å². The number of carbonyl (C=O) groups is 1. The van der Waals surface area contributed by atoms with Crippen LogP contribution >= 0.6 is 23.1 Å². The van der Waals surface area contributed by atoms with Crippen LogP contribution in [0.15, 0.2) is 29.1 Å². The molecule has 5 nitrogen and oxygen atoms in total. The number of benzene rings is 1. The van der Waals surface area contributed by atoms with Crippen LogP contribution < -0.4 is 5.56 Å². The van der Waals surface area contributed by atoms with E-state index in [9.17, 15) is 14.0 Å². The number of nitrogens with one attached hydrogen (secondary N) is 1. The second kappa shape index (κ2) is 7.28. The van der Waals surface area contributed by atoms with Crippen molar-refractivity contribution in [3.63, 3.8) is 0 Å². The highest BCUT2D eigenvalue weighted by Gasteiger charge is 2.22. The van der Waals surface area contributed by atoms with Crippen LogP contribution in [-0.2, 0) is 17.6 Å². The van der Waals surface area contributed by atoms with Crippen molar-refractivity contribution in [1.29, 1.82) is 0 Å². The zero-order chi connectivity index (χ0) is 19.0. The Labute approximate surface area is 162 Å². The Bertz CT molecular complexity index is 1120. The van der Waals surface area contributed by atoms with Gasteiger partial charge in [0.15, 0.2) is 0 Å². The van der Waals surface area contributed by atoms with Crippen LogP contribution in [0.25, 0.3) is 21.2 Å². The van der Waals surface area contributed by atoms with Gasteiger partial charge in [0.2, 0.25) is 0 Å². The minimum absolute atomic E-state index is 0.171. The summed E-state index contributed by atoms with van der Waals surface area (Å²) in [6.45, 7) is 0. The zero-order valence-corrected chi connectivity index (χ0v) is 15.8. The molecule has 0 saturated heterocycles. The van der Waals surface area contributed by atoms with Crippen LogP contribution in [0.3, 0.4) is 0 Å². The van der Waals surface area contributed by atoms with Gasteiger partial charge >= 0.3 is 5.97 Å². The Morgan fingerprint density at radius 3 is 2.85 bits per heavy atom. The van der Waals surface area contributed by atoms with Gasteiger partial charge < -0.3 is 10.1 Å². The third-order valence-electron chi connectivity index (χ3n) is 4.33. The van der Waals surface area contributed by atoms with Crippen LogP contribution in [0.4, 0.5) is 4.39 Å². The summed E-state index contributed by atoms with van der Waals surface area (Å²) in [4.78, 5) is 33.5. The van der Waals surface area contributed by atoms with E-state index in [1.807, 2.05) is 0 Å². The van der Waals surface area contributed by atoms with Crippen LogP contribution in [0.5, 0.6) is 0 Å². The van der Waals surface area contributed by atoms with E-state index in [0.29, 0.717) is 26.5 Å². The topological polar surface area (TPSA) is 83.0 Å². The maximum atomic E-state index is 13.1. The van der Waals surface area contributed by atoms with E-state index in [-0.39, 0.29) is 17.1 Å². The van der Waals surface area contributed by atoms with Crippen molar-refractivity contribution in [2.24, 2.45) is 0 Å². The summed E-state index contributed by atoms with van der Waals surface area (Å²) in [5, 5.41) is 9.68. The minimum Gasteiger partial charge on any atom is -0.481 e. The minimum atomic E-state index is -0.969. The van der Waals surface area contributed by atoms with Crippen molar-refractivity contribution >= 4 is 50.3 Å². The number of rotatable bonds is 5. The van der Waals surface area contributed by atoms with E-state index in [1.54, 1.807) is 18.2 Å². The number of hydrogen-bond donors (Lipinski definition) is 2. The molecular formula is C19H15FN2O3S2. The fourth-order valence-electron chi connectivity index (χ4n) is 3.15. The van der Waals surface area contributed by atoms with Gasteiger partial charge in [-0.15, -0.1) is 23.1 Å². The number of thioether (sulfide) groups is 1. The first-order chi connectivity index (χ1) is 13.0. The Morgan fingerprint density at radius 2 is 2.11 bits per heavy atom. The summed E-state index contributed by atoms with van der Waals surface area (Å²) < 4.78 is 13.1. The SMILES string of the molecule is O=C(O)CS/C(=C\c1ccc(F)cc1)c1nc2sc3c(c2c(=O)[nH]1)CCC3. The molecule has 2 heterocycles. The molecule has 3 aromatic rings. The molecule has 2 N–H and O–H groups in total. The predicted molar refractivity (Wildman–Crippen MR) is 107 cm³/mol. The molecule has 0 unspecified atom stereocenters. The molecule has 0 aliphatic heterocycles. The molecule has 2 aromatic heterocycles. The van der Waals surface area contributed by atoms with E-state index in [1.165, 1.54) is 28.3 Å². The smallest absolute Gasteiger partial charge is 0.313 e. The summed E-state index contributed by atoms with van der Waals surface area (Å²) in [5.74, 6) is -1.16. The first-order valence-corrected chi connectivity index (χ1v) is 10.2. The molecule has 0 saturated carbocycles. The lowest BCUT2D eigenvalue weighted by molar-refractivity contribution is -0.133. The van der Waals surface area contributed by atoms with E-state index in [4.69, 9.17) is 5.11 Å². The summed E-state index contributed by atoms with van der Waals surface area (Å²) in [5.41, 5.74) is 1.59. The van der Waals surface area contributed by atoms with E-state index in [2.05, 4.69) is 9.97 Å². The molecule has 1 aromatic carbocycles. The Balaban J connectivity index is 1.80. The number of H-pyrrole nitrogens is 1. The standard InChI is InChI=1S/C19H15FN2O3S2/c20-11-6-4-10(5-7-11)8-14(26-9-15(23)24)17-21-18(25)16-12-2-1-3-13(12)27-19(16)22-17/h4-8H,1-3,9H2,(H,23,24)(H,21,22,25)/b14-8-. The lowest BCUT2D eigenvalue weighted by atomic mass is 10.2. The highest BCUT2D eigenvalue weighted by atomic mass is 32.2. The first kappa shape index (κ1) is 17.9. The van der Waals surface area contributed by atoms with Crippen LogP contribution in [-0.4, -0.2) is 26.8 Å². The number of aliphatic carboxylic acids is 1. The van der Waals surface area contributed by atoms with Gasteiger partial charge in [0.1, 0.15) is 16.5 Å². The van der Waals surface area contributed by atoms with Gasteiger partial charge in [0, 0.05) is 4.88 Å². The normalized spacial score (nSPS) is 13.9. The largest absolute Gasteiger partial charge is 0.481 e. The molecule has 138 valence electrons. The van der Waals surface area contributed by atoms with Gasteiger partial charge in [-0.2, -0.15) is 0 Å². The van der Waals surface area contributed by atoms with Gasteiger partial charge in [-0.1, -0.05) is 12.1 Å². The number of nitrogens with zero attached hydrogens (tertiary/aromatic N) is 1. The number of fused-ring (bicyclic) bond motifs is 3. The molecule has 0 spiro atoms. The fourth-order valence-corrected chi connectivity index (χ4v) is 5.14. The summed E-state index contributed by atoms with van der Waals surface area (Å²) in [6, 6.07) is 5.84. The molecule has 0 radical (unpaired) electrons. The fraction of sp³-hybridized carbons (Fsp3) is 0.211. The summed E-state index contributed by atoms with van der Waals surface area (Å²) >= 11 is 2.60. The Morgan fingerprint density at radius 1 is 1.33 bits per heavy atom. The third kappa shape index (κ3) is 3.68. The summed E-state index contributed by atoms with van der Waals surface area (Å²) in [6.07, 6.45) is 4.63. The van der Waals surface area contributed by atoms with Crippen molar-refractivity contribution < 1.29 is 14.3 Å². The monoisotopic (exact) mass is 402 g/mol. The molecule has 4 rings (SSSR count). The second-order valence-corrected chi connectivity index (χ2v) is 8.30. The van der Waals surface area contributed by atoms with Crippen molar-refractivity contribution in [3.05, 3.63) is 62.3 Å². The number of carboxylic acid groups (broad SMARTS) is 1. The first-order valence-electron chi connectivity index (χ1n) is 8.38. The lowest BCUT2D eigenvalue weighted by Gasteiger charge is -2.06. The highest BCUT2D eigenvalue weighted by Crippen LogP contribution is 2.36. The van der Waals surface area contributed by atoms with Crippen molar-refractivity contribution in [2.75, 3.05) is 5.75 Å². The molecule has 0 fully saturated rings. The van der Waals surface area contributed by atoms with Gasteiger partial charge in [0.25, 0.3) is 5.56 Å². The van der Waals surface area contributed by atoms with Crippen LogP contribution in [0.1, 0.15) is 28.2 Å². The molecule has 0 bridgehead atoms. The quantitative estimate of drug-likeness (QED) is 0.676. The maximum Gasteiger partial charge on any atom is 0.313 e. The molecular weight excluding hydrogens is 387 g/mol. The Hall–Kier alpha value is -2.45. The summed E-state index contributed by atoms with van der Waals surface area (Å²) in [7, 11) is 0. The van der Waals surface area contributed by atoms with E-state index in [0.717, 1.165) is 36.6 Å². The average Bonchev–Trinajstić information content (AvgIpc) is 3.20. The number of aromatic amines is 1. The van der Waals surface area contributed by atoms with Gasteiger partial charge in [0.05, 0.1) is 16.0 Å². The Kier molecular flexibility index (Phi) is 4.84. The number of aryl methyl sites for hydroxylation is 2. The number of aromatic nitrogens is 2. The van der Waals surface area contributed by atoms with E-state index < -0.39 is 5.97 Å².